The summed E-state index contributed by atoms with van der Waals surface area (Å²) in [6.07, 6.45) is 2.34. The maximum absolute atomic E-state index is 12.8. The molecule has 2 aromatic heterocycles. The van der Waals surface area contributed by atoms with Crippen LogP contribution in [0.15, 0.2) is 29.1 Å². The zero-order chi connectivity index (χ0) is 17.6. The number of amides is 1. The van der Waals surface area contributed by atoms with E-state index < -0.39 is 0 Å². The fourth-order valence-corrected chi connectivity index (χ4v) is 3.03. The second-order valence-corrected chi connectivity index (χ2v) is 6.60. The monoisotopic (exact) mass is 340 g/mol. The van der Waals surface area contributed by atoms with Gasteiger partial charge in [0.25, 0.3) is 0 Å². The fourth-order valence-electron chi connectivity index (χ4n) is 3.03. The number of aryl methyl sites for hydroxylation is 1. The lowest BCUT2D eigenvalue weighted by Crippen LogP contribution is -2.33. The highest BCUT2D eigenvalue weighted by Gasteiger charge is 2.22. The van der Waals surface area contributed by atoms with Gasteiger partial charge in [-0.15, -0.1) is 5.10 Å². The van der Waals surface area contributed by atoms with Crippen LogP contribution in [0.25, 0.3) is 16.6 Å². The number of benzene rings is 1. The molecule has 1 aromatic carbocycles. The summed E-state index contributed by atoms with van der Waals surface area (Å²) < 4.78 is 8.04. The fraction of sp³-hybridized carbons (Fsp3) is 0.389. The molecule has 1 saturated carbocycles. The second-order valence-electron chi connectivity index (χ2n) is 6.60. The van der Waals surface area contributed by atoms with Crippen molar-refractivity contribution in [2.75, 3.05) is 13.7 Å². The van der Waals surface area contributed by atoms with Gasteiger partial charge in [0.2, 0.25) is 5.91 Å². The van der Waals surface area contributed by atoms with E-state index in [0.29, 0.717) is 18.1 Å². The van der Waals surface area contributed by atoms with E-state index in [1.54, 1.807) is 11.5 Å². The van der Waals surface area contributed by atoms with Crippen molar-refractivity contribution in [3.8, 4) is 5.75 Å². The SMILES string of the molecule is COc1ccc2c(c1)cc(C)c1nn(CC(=O)NCC3CC3)c(=O)n12. The van der Waals surface area contributed by atoms with Crippen molar-refractivity contribution < 1.29 is 9.53 Å². The zero-order valence-electron chi connectivity index (χ0n) is 14.3. The molecule has 4 rings (SSSR count). The Morgan fingerprint density at radius 3 is 2.88 bits per heavy atom. The van der Waals surface area contributed by atoms with Crippen LogP contribution in [0.1, 0.15) is 18.4 Å². The predicted molar refractivity (Wildman–Crippen MR) is 94.0 cm³/mol. The molecule has 0 spiro atoms. The summed E-state index contributed by atoms with van der Waals surface area (Å²) in [5.74, 6) is 1.15. The molecule has 0 unspecified atom stereocenters. The Morgan fingerprint density at radius 2 is 2.16 bits per heavy atom. The number of rotatable bonds is 5. The van der Waals surface area contributed by atoms with Crippen LogP contribution in [-0.4, -0.2) is 33.7 Å². The van der Waals surface area contributed by atoms with Gasteiger partial charge in [0.15, 0.2) is 5.65 Å². The van der Waals surface area contributed by atoms with E-state index in [2.05, 4.69) is 10.4 Å². The summed E-state index contributed by atoms with van der Waals surface area (Å²) in [5, 5.41) is 8.12. The van der Waals surface area contributed by atoms with Gasteiger partial charge in [0.05, 0.1) is 12.6 Å². The van der Waals surface area contributed by atoms with E-state index in [0.717, 1.165) is 22.2 Å². The number of ether oxygens (including phenoxy) is 1. The van der Waals surface area contributed by atoms with Gasteiger partial charge >= 0.3 is 5.69 Å². The molecule has 1 aliphatic rings. The maximum atomic E-state index is 12.8. The number of hydrogen-bond acceptors (Lipinski definition) is 4. The molecule has 7 nitrogen and oxygen atoms in total. The molecule has 3 aromatic rings. The molecular formula is C18H20N4O3. The highest BCUT2D eigenvalue weighted by atomic mass is 16.5. The molecule has 25 heavy (non-hydrogen) atoms. The molecule has 0 atom stereocenters. The molecule has 0 bridgehead atoms. The second kappa shape index (κ2) is 5.91. The van der Waals surface area contributed by atoms with Crippen molar-refractivity contribution in [3.05, 3.63) is 40.3 Å². The molecular weight excluding hydrogens is 320 g/mol. The third kappa shape index (κ3) is 2.86. The number of hydrogen-bond donors (Lipinski definition) is 1. The third-order valence-electron chi connectivity index (χ3n) is 4.62. The summed E-state index contributed by atoms with van der Waals surface area (Å²) in [7, 11) is 1.61. The molecule has 0 saturated heterocycles. The molecule has 130 valence electrons. The van der Waals surface area contributed by atoms with Crippen LogP contribution < -0.4 is 15.7 Å². The lowest BCUT2D eigenvalue weighted by molar-refractivity contribution is -0.121. The molecule has 2 heterocycles. The molecule has 1 N–H and O–H groups in total. The average Bonchev–Trinajstić information content (AvgIpc) is 3.37. The van der Waals surface area contributed by atoms with Gasteiger partial charge in [-0.25, -0.2) is 13.9 Å². The van der Waals surface area contributed by atoms with Crippen LogP contribution in [0.5, 0.6) is 5.75 Å². The van der Waals surface area contributed by atoms with Crippen LogP contribution in [0.2, 0.25) is 0 Å². The molecule has 7 heteroatoms. The minimum atomic E-state index is -0.310. The van der Waals surface area contributed by atoms with Gasteiger partial charge in [-0.2, -0.15) is 0 Å². The van der Waals surface area contributed by atoms with E-state index in [1.165, 1.54) is 17.5 Å². The Bertz CT molecular complexity index is 1030. The number of fused-ring (bicyclic) bond motifs is 3. The Morgan fingerprint density at radius 1 is 1.36 bits per heavy atom. The first-order valence-corrected chi connectivity index (χ1v) is 8.40. The van der Waals surface area contributed by atoms with Crippen molar-refractivity contribution in [1.29, 1.82) is 0 Å². The Hall–Kier alpha value is -2.83. The largest absolute Gasteiger partial charge is 0.497 e. The van der Waals surface area contributed by atoms with E-state index >= 15 is 0 Å². The number of nitrogens with zero attached hydrogens (tertiary/aromatic N) is 3. The molecule has 1 aliphatic carbocycles. The van der Waals surface area contributed by atoms with E-state index in [4.69, 9.17) is 4.74 Å². The summed E-state index contributed by atoms with van der Waals surface area (Å²) in [5.41, 5.74) is 1.87. The molecule has 1 fully saturated rings. The first-order chi connectivity index (χ1) is 12.1. The van der Waals surface area contributed by atoms with Gasteiger partial charge in [-0.3, -0.25) is 4.79 Å². The molecule has 1 amide bonds. The summed E-state index contributed by atoms with van der Waals surface area (Å²) >= 11 is 0. The van der Waals surface area contributed by atoms with Crippen LogP contribution in [-0.2, 0) is 11.3 Å². The molecule has 0 radical (unpaired) electrons. The van der Waals surface area contributed by atoms with E-state index in [9.17, 15) is 9.59 Å². The van der Waals surface area contributed by atoms with Crippen LogP contribution in [0.3, 0.4) is 0 Å². The minimum Gasteiger partial charge on any atom is -0.497 e. The standard InChI is InChI=1S/C18H20N4O3/c1-11-7-13-8-14(25-2)5-6-15(13)22-17(11)20-21(18(22)24)10-16(23)19-9-12-3-4-12/h5-8,12H,3-4,9-10H2,1-2H3,(H,19,23). The normalized spacial score (nSPS) is 14.2. The summed E-state index contributed by atoms with van der Waals surface area (Å²) in [6, 6.07) is 7.50. The van der Waals surface area contributed by atoms with Gasteiger partial charge in [0.1, 0.15) is 12.3 Å². The average molecular weight is 340 g/mol. The van der Waals surface area contributed by atoms with Crippen molar-refractivity contribution >= 4 is 22.5 Å². The first kappa shape index (κ1) is 15.7. The van der Waals surface area contributed by atoms with Gasteiger partial charge in [-0.1, -0.05) is 0 Å². The number of methoxy groups -OCH3 is 1. The smallest absolute Gasteiger partial charge is 0.351 e. The van der Waals surface area contributed by atoms with Gasteiger partial charge in [0, 0.05) is 11.9 Å². The summed E-state index contributed by atoms with van der Waals surface area (Å²) in [4.78, 5) is 24.9. The zero-order valence-corrected chi connectivity index (χ0v) is 14.3. The highest BCUT2D eigenvalue weighted by Crippen LogP contribution is 2.27. The third-order valence-corrected chi connectivity index (χ3v) is 4.62. The Kier molecular flexibility index (Phi) is 3.71. The number of nitrogens with one attached hydrogen (secondary N) is 1. The number of carbonyl (C=O) groups is 1. The maximum Gasteiger partial charge on any atom is 0.351 e. The van der Waals surface area contributed by atoms with Gasteiger partial charge in [-0.05, 0) is 55.5 Å². The quantitative estimate of drug-likeness (QED) is 0.763. The number of pyridine rings is 1. The van der Waals surface area contributed by atoms with Crippen molar-refractivity contribution in [2.24, 2.45) is 5.92 Å². The van der Waals surface area contributed by atoms with E-state index in [1.807, 2.05) is 31.2 Å². The topological polar surface area (TPSA) is 77.6 Å². The number of aromatic nitrogens is 3. The lowest BCUT2D eigenvalue weighted by Gasteiger charge is -2.05. The summed E-state index contributed by atoms with van der Waals surface area (Å²) in [6.45, 7) is 2.52. The molecule has 0 aliphatic heterocycles. The van der Waals surface area contributed by atoms with Crippen LogP contribution in [0, 0.1) is 12.8 Å². The highest BCUT2D eigenvalue weighted by molar-refractivity contribution is 5.84. The first-order valence-electron chi connectivity index (χ1n) is 8.40. The Balaban J connectivity index is 1.75. The predicted octanol–water partition coefficient (Wildman–Crippen LogP) is 1.49. The van der Waals surface area contributed by atoms with Crippen LogP contribution in [0.4, 0.5) is 0 Å². The van der Waals surface area contributed by atoms with Crippen molar-refractivity contribution in [1.82, 2.24) is 19.5 Å². The minimum absolute atomic E-state index is 0.0652. The lowest BCUT2D eigenvalue weighted by atomic mass is 10.1. The number of carbonyl (C=O) groups excluding carboxylic acids is 1. The van der Waals surface area contributed by atoms with Gasteiger partial charge < -0.3 is 10.1 Å². The van der Waals surface area contributed by atoms with Crippen LogP contribution >= 0.6 is 0 Å². The van der Waals surface area contributed by atoms with Crippen molar-refractivity contribution in [3.63, 3.8) is 0 Å². The van der Waals surface area contributed by atoms with E-state index in [-0.39, 0.29) is 18.1 Å². The Labute approximate surface area is 144 Å². The van der Waals surface area contributed by atoms with Crippen molar-refractivity contribution in [2.45, 2.75) is 26.3 Å².